The summed E-state index contributed by atoms with van der Waals surface area (Å²) in [4.78, 5) is 4.37. The van der Waals surface area contributed by atoms with Crippen molar-refractivity contribution in [2.24, 2.45) is 0 Å². The first-order chi connectivity index (χ1) is 9.63. The highest BCUT2D eigenvalue weighted by Gasteiger charge is 2.07. The second-order valence-corrected chi connectivity index (χ2v) is 5.40. The molecule has 2 rings (SSSR count). The van der Waals surface area contributed by atoms with Crippen LogP contribution in [-0.4, -0.2) is 12.1 Å². The molecule has 106 valence electrons. The molecule has 0 radical (unpaired) electrons. The van der Waals surface area contributed by atoms with E-state index >= 15 is 0 Å². The highest BCUT2D eigenvalue weighted by atomic mass is 79.9. The van der Waals surface area contributed by atoms with Crippen molar-refractivity contribution < 1.29 is 9.47 Å². The molecular formula is C15H15BrClNO2. The van der Waals surface area contributed by atoms with Crippen LogP contribution in [0.4, 0.5) is 0 Å². The lowest BCUT2D eigenvalue weighted by molar-refractivity contribution is 0.300. The molecule has 0 amide bonds. The number of nitrogens with zero attached hydrogens (tertiary/aromatic N) is 1. The fraction of sp³-hybridized carbons (Fsp3) is 0.267. The van der Waals surface area contributed by atoms with Crippen molar-refractivity contribution in [1.82, 2.24) is 4.98 Å². The quantitative estimate of drug-likeness (QED) is 0.740. The van der Waals surface area contributed by atoms with Crippen LogP contribution in [0, 0.1) is 6.92 Å². The molecule has 2 aromatic rings. The van der Waals surface area contributed by atoms with Gasteiger partial charge in [0.05, 0.1) is 18.7 Å². The van der Waals surface area contributed by atoms with Crippen molar-refractivity contribution in [3.63, 3.8) is 0 Å². The third-order valence-corrected chi connectivity index (χ3v) is 3.86. The number of aryl methyl sites for hydroxylation is 1. The molecule has 0 saturated heterocycles. The van der Waals surface area contributed by atoms with Crippen LogP contribution in [0.5, 0.6) is 11.5 Å². The summed E-state index contributed by atoms with van der Waals surface area (Å²) < 4.78 is 12.0. The standard InChI is InChI=1S/C15H15BrClNO2/c1-10-3-6-15(14(8-17)18-10)20-9-11-7-12(19-2)4-5-13(11)16/h3-7H,8-9H2,1-2H3. The first-order valence-corrected chi connectivity index (χ1v) is 7.44. The van der Waals surface area contributed by atoms with Gasteiger partial charge in [-0.05, 0) is 37.3 Å². The van der Waals surface area contributed by atoms with E-state index in [0.29, 0.717) is 18.2 Å². The highest BCUT2D eigenvalue weighted by molar-refractivity contribution is 9.10. The maximum absolute atomic E-state index is 5.89. The lowest BCUT2D eigenvalue weighted by atomic mass is 10.2. The number of hydrogen-bond donors (Lipinski definition) is 0. The largest absolute Gasteiger partial charge is 0.497 e. The van der Waals surface area contributed by atoms with E-state index in [4.69, 9.17) is 21.1 Å². The van der Waals surface area contributed by atoms with Gasteiger partial charge in [-0.3, -0.25) is 4.98 Å². The summed E-state index contributed by atoms with van der Waals surface area (Å²) in [6.45, 7) is 2.35. The molecule has 3 nitrogen and oxygen atoms in total. The predicted octanol–water partition coefficient (Wildman–Crippen LogP) is 4.48. The number of hydrogen-bond acceptors (Lipinski definition) is 3. The summed E-state index contributed by atoms with van der Waals surface area (Å²) in [5.41, 5.74) is 2.69. The van der Waals surface area contributed by atoms with Crippen LogP contribution in [0.15, 0.2) is 34.8 Å². The van der Waals surface area contributed by atoms with Gasteiger partial charge < -0.3 is 9.47 Å². The maximum atomic E-state index is 5.89. The van der Waals surface area contributed by atoms with E-state index in [1.165, 1.54) is 0 Å². The van der Waals surface area contributed by atoms with E-state index in [0.717, 1.165) is 27.2 Å². The summed E-state index contributed by atoms with van der Waals surface area (Å²) in [5.74, 6) is 1.84. The zero-order valence-electron chi connectivity index (χ0n) is 11.3. The topological polar surface area (TPSA) is 31.4 Å². The number of methoxy groups -OCH3 is 1. The second kappa shape index (κ2) is 6.95. The third-order valence-electron chi connectivity index (χ3n) is 2.83. The zero-order chi connectivity index (χ0) is 14.5. The maximum Gasteiger partial charge on any atom is 0.142 e. The monoisotopic (exact) mass is 355 g/mol. The molecule has 1 aromatic heterocycles. The minimum atomic E-state index is 0.330. The van der Waals surface area contributed by atoms with Gasteiger partial charge >= 0.3 is 0 Å². The number of halogens is 2. The van der Waals surface area contributed by atoms with Crippen molar-refractivity contribution in [3.8, 4) is 11.5 Å². The van der Waals surface area contributed by atoms with Crippen molar-refractivity contribution >= 4 is 27.5 Å². The number of ether oxygens (including phenoxy) is 2. The number of pyridine rings is 1. The van der Waals surface area contributed by atoms with Gasteiger partial charge in [-0.1, -0.05) is 15.9 Å². The van der Waals surface area contributed by atoms with E-state index in [2.05, 4.69) is 20.9 Å². The van der Waals surface area contributed by atoms with Crippen molar-refractivity contribution in [3.05, 3.63) is 51.8 Å². The van der Waals surface area contributed by atoms with E-state index in [9.17, 15) is 0 Å². The summed E-state index contributed by atoms with van der Waals surface area (Å²) in [6, 6.07) is 9.57. The third kappa shape index (κ3) is 3.64. The lowest BCUT2D eigenvalue weighted by Crippen LogP contribution is -2.01. The Morgan fingerprint density at radius 2 is 2.05 bits per heavy atom. The second-order valence-electron chi connectivity index (χ2n) is 4.28. The minimum Gasteiger partial charge on any atom is -0.497 e. The van der Waals surface area contributed by atoms with Crippen LogP contribution in [0.25, 0.3) is 0 Å². The molecule has 1 aromatic carbocycles. The first-order valence-electron chi connectivity index (χ1n) is 6.11. The number of benzene rings is 1. The predicted molar refractivity (Wildman–Crippen MR) is 83.6 cm³/mol. The molecule has 5 heteroatoms. The van der Waals surface area contributed by atoms with Crippen molar-refractivity contribution in [1.29, 1.82) is 0 Å². The van der Waals surface area contributed by atoms with E-state index in [1.54, 1.807) is 7.11 Å². The Balaban J connectivity index is 2.16. The molecule has 0 aliphatic carbocycles. The molecule has 0 N–H and O–H groups in total. The molecule has 0 aliphatic rings. The Labute approximate surface area is 132 Å². The molecule has 20 heavy (non-hydrogen) atoms. The normalized spacial score (nSPS) is 10.4. The van der Waals surface area contributed by atoms with E-state index in [1.807, 2.05) is 37.3 Å². The highest BCUT2D eigenvalue weighted by Crippen LogP contribution is 2.25. The molecule has 0 aliphatic heterocycles. The van der Waals surface area contributed by atoms with Gasteiger partial charge in [0.1, 0.15) is 18.1 Å². The van der Waals surface area contributed by atoms with E-state index in [-0.39, 0.29) is 0 Å². The van der Waals surface area contributed by atoms with Gasteiger partial charge in [0.15, 0.2) is 0 Å². The average molecular weight is 357 g/mol. The Kier molecular flexibility index (Phi) is 5.26. The molecule has 0 atom stereocenters. The Bertz CT molecular complexity index is 604. The summed E-state index contributed by atoms with van der Waals surface area (Å²) >= 11 is 9.40. The summed E-state index contributed by atoms with van der Waals surface area (Å²) in [7, 11) is 1.64. The average Bonchev–Trinajstić information content (AvgIpc) is 2.47. The van der Waals surface area contributed by atoms with Crippen LogP contribution >= 0.6 is 27.5 Å². The van der Waals surface area contributed by atoms with E-state index < -0.39 is 0 Å². The first kappa shape index (κ1) is 15.1. The van der Waals surface area contributed by atoms with Crippen LogP contribution in [-0.2, 0) is 12.5 Å². The zero-order valence-corrected chi connectivity index (χ0v) is 13.7. The van der Waals surface area contributed by atoms with Crippen LogP contribution in [0.1, 0.15) is 17.0 Å². The molecule has 0 unspecified atom stereocenters. The summed E-state index contributed by atoms with van der Waals surface area (Å²) in [5, 5.41) is 0. The number of aromatic nitrogens is 1. The fourth-order valence-electron chi connectivity index (χ4n) is 1.77. The van der Waals surface area contributed by atoms with Gasteiger partial charge in [0.2, 0.25) is 0 Å². The minimum absolute atomic E-state index is 0.330. The van der Waals surface area contributed by atoms with Gasteiger partial charge in [0.25, 0.3) is 0 Å². The van der Waals surface area contributed by atoms with Crippen molar-refractivity contribution in [2.75, 3.05) is 7.11 Å². The smallest absolute Gasteiger partial charge is 0.142 e. The van der Waals surface area contributed by atoms with Gasteiger partial charge in [-0.25, -0.2) is 0 Å². The molecule has 0 bridgehead atoms. The molecular weight excluding hydrogens is 342 g/mol. The van der Waals surface area contributed by atoms with Gasteiger partial charge in [-0.15, -0.1) is 11.6 Å². The molecule has 1 heterocycles. The van der Waals surface area contributed by atoms with Crippen LogP contribution < -0.4 is 9.47 Å². The Hall–Kier alpha value is -1.26. The fourth-order valence-corrected chi connectivity index (χ4v) is 2.32. The SMILES string of the molecule is COc1ccc(Br)c(COc2ccc(C)nc2CCl)c1. The summed E-state index contributed by atoms with van der Waals surface area (Å²) in [6.07, 6.45) is 0. The van der Waals surface area contributed by atoms with Gasteiger partial charge in [0, 0.05) is 15.7 Å². The molecule has 0 saturated carbocycles. The van der Waals surface area contributed by atoms with Gasteiger partial charge in [-0.2, -0.15) is 0 Å². The lowest BCUT2D eigenvalue weighted by Gasteiger charge is -2.12. The molecule has 0 spiro atoms. The number of alkyl halides is 1. The Morgan fingerprint density at radius 1 is 1.25 bits per heavy atom. The van der Waals surface area contributed by atoms with Crippen molar-refractivity contribution in [2.45, 2.75) is 19.4 Å². The van der Waals surface area contributed by atoms with Crippen LogP contribution in [0.3, 0.4) is 0 Å². The Morgan fingerprint density at radius 3 is 2.75 bits per heavy atom. The van der Waals surface area contributed by atoms with Crippen LogP contribution in [0.2, 0.25) is 0 Å². The molecule has 0 fully saturated rings. The number of rotatable bonds is 5.